The zero-order chi connectivity index (χ0) is 22.2. The van der Waals surface area contributed by atoms with Crippen LogP contribution in [0, 0.1) is 11.6 Å². The van der Waals surface area contributed by atoms with Gasteiger partial charge in [0.25, 0.3) is 0 Å². The predicted molar refractivity (Wildman–Crippen MR) is 94.8 cm³/mol. The summed E-state index contributed by atoms with van der Waals surface area (Å²) in [6.07, 6.45) is -5.19. The molecule has 12 heteroatoms. The average molecular weight is 442 g/mol. The number of hydrogen-bond donors (Lipinski definition) is 0. The number of halogens is 5. The van der Waals surface area contributed by atoms with Crippen LogP contribution in [0.5, 0.6) is 11.8 Å². The number of hydrogen-bond acceptors (Lipinski definition) is 6. The first-order valence-corrected chi connectivity index (χ1v) is 9.02. The van der Waals surface area contributed by atoms with Crippen LogP contribution in [0.25, 0.3) is 5.69 Å². The van der Waals surface area contributed by atoms with E-state index in [1.54, 1.807) is 6.92 Å². The lowest BCUT2D eigenvalue weighted by atomic mass is 9.94. The van der Waals surface area contributed by atoms with Gasteiger partial charge >= 0.3 is 12.2 Å². The fraction of sp³-hybridized carbons (Fsp3) is 0.316. The van der Waals surface area contributed by atoms with Gasteiger partial charge in [-0.1, -0.05) is 11.2 Å². The second kappa shape index (κ2) is 7.76. The fourth-order valence-electron chi connectivity index (χ4n) is 3.04. The molecule has 0 bridgehead atoms. The molecule has 0 amide bonds. The van der Waals surface area contributed by atoms with Crippen molar-refractivity contribution in [2.75, 3.05) is 13.2 Å². The molecule has 0 aliphatic carbocycles. The van der Waals surface area contributed by atoms with Crippen LogP contribution in [-0.4, -0.2) is 45.7 Å². The van der Waals surface area contributed by atoms with Crippen LogP contribution in [0.2, 0.25) is 0 Å². The second-order valence-electron chi connectivity index (χ2n) is 6.83. The van der Waals surface area contributed by atoms with E-state index in [0.717, 1.165) is 12.1 Å². The zero-order valence-electron chi connectivity index (χ0n) is 15.9. The third-order valence-electron chi connectivity index (χ3n) is 4.71. The molecule has 2 heterocycles. The number of aromatic nitrogens is 4. The molecule has 1 fully saturated rings. The third-order valence-corrected chi connectivity index (χ3v) is 4.71. The minimum absolute atomic E-state index is 0.0158. The van der Waals surface area contributed by atoms with E-state index in [2.05, 4.69) is 20.3 Å². The molecule has 3 aromatic rings. The van der Waals surface area contributed by atoms with Crippen LogP contribution in [0.15, 0.2) is 42.5 Å². The Balaban J connectivity index is 1.50. The Bertz CT molecular complexity index is 1070. The van der Waals surface area contributed by atoms with Crippen molar-refractivity contribution in [2.45, 2.75) is 24.8 Å². The number of ether oxygens (including phenoxy) is 3. The molecule has 0 saturated carbocycles. The number of epoxide rings is 1. The van der Waals surface area contributed by atoms with E-state index >= 15 is 0 Å². The minimum atomic E-state index is -4.45. The molecule has 0 radical (unpaired) electrons. The number of alkyl halides is 3. The summed E-state index contributed by atoms with van der Waals surface area (Å²) in [6.45, 7) is 0.373. The first-order chi connectivity index (χ1) is 14.7. The Labute approximate surface area is 172 Å². The topological polar surface area (TPSA) is 74.6 Å². The largest absolute Gasteiger partial charge is 0.484 e. The Kier molecular flexibility index (Phi) is 5.25. The van der Waals surface area contributed by atoms with Gasteiger partial charge in [-0.05, 0) is 47.7 Å². The predicted octanol–water partition coefficient (Wildman–Crippen LogP) is 3.57. The SMILES string of the molecule is C[C@@H](Oc1nnnn1-c1ccc(OCC(F)(F)F)cc1)[C@@]1(c2ccc(F)cc2F)CO1. The first kappa shape index (κ1) is 21.0. The highest BCUT2D eigenvalue weighted by Crippen LogP contribution is 2.44. The molecule has 4 rings (SSSR count). The molecule has 2 atom stereocenters. The van der Waals surface area contributed by atoms with Crippen molar-refractivity contribution in [2.24, 2.45) is 0 Å². The highest BCUT2D eigenvalue weighted by atomic mass is 19.4. The molecule has 0 N–H and O–H groups in total. The molecular weight excluding hydrogens is 427 g/mol. The second-order valence-corrected chi connectivity index (χ2v) is 6.83. The zero-order valence-corrected chi connectivity index (χ0v) is 15.9. The van der Waals surface area contributed by atoms with Crippen molar-refractivity contribution in [3.05, 3.63) is 59.7 Å². The summed E-state index contributed by atoms with van der Waals surface area (Å²) in [7, 11) is 0. The number of nitrogens with zero attached hydrogens (tertiary/aromatic N) is 4. The highest BCUT2D eigenvalue weighted by molar-refractivity contribution is 5.38. The molecule has 1 aromatic heterocycles. The maximum Gasteiger partial charge on any atom is 0.422 e. The summed E-state index contributed by atoms with van der Waals surface area (Å²) >= 11 is 0. The third kappa shape index (κ3) is 4.43. The van der Waals surface area contributed by atoms with Gasteiger partial charge in [-0.3, -0.25) is 0 Å². The highest BCUT2D eigenvalue weighted by Gasteiger charge is 2.55. The summed E-state index contributed by atoms with van der Waals surface area (Å²) in [5.41, 5.74) is -0.582. The van der Waals surface area contributed by atoms with Gasteiger partial charge in [0.1, 0.15) is 23.5 Å². The molecule has 1 saturated heterocycles. The van der Waals surface area contributed by atoms with Crippen LogP contribution in [0.4, 0.5) is 22.0 Å². The molecule has 31 heavy (non-hydrogen) atoms. The molecule has 7 nitrogen and oxygen atoms in total. The summed E-state index contributed by atoms with van der Waals surface area (Å²) in [5.74, 6) is -1.46. The monoisotopic (exact) mass is 442 g/mol. The van der Waals surface area contributed by atoms with Crippen molar-refractivity contribution >= 4 is 0 Å². The van der Waals surface area contributed by atoms with Crippen LogP contribution >= 0.6 is 0 Å². The van der Waals surface area contributed by atoms with Crippen LogP contribution in [-0.2, 0) is 10.3 Å². The van der Waals surface area contributed by atoms with E-state index in [0.29, 0.717) is 5.69 Å². The average Bonchev–Trinajstić information content (AvgIpc) is 3.39. The van der Waals surface area contributed by atoms with E-state index in [1.165, 1.54) is 35.0 Å². The fourth-order valence-corrected chi connectivity index (χ4v) is 3.04. The summed E-state index contributed by atoms with van der Waals surface area (Å²) < 4.78 is 81.4. The van der Waals surface area contributed by atoms with E-state index in [9.17, 15) is 22.0 Å². The van der Waals surface area contributed by atoms with Gasteiger partial charge < -0.3 is 14.2 Å². The Hall–Kier alpha value is -3.28. The maximum absolute atomic E-state index is 14.2. The summed E-state index contributed by atoms with van der Waals surface area (Å²) in [6, 6.07) is 8.68. The number of rotatable bonds is 7. The lowest BCUT2D eigenvalue weighted by Gasteiger charge is -2.21. The van der Waals surface area contributed by atoms with Crippen molar-refractivity contribution in [1.29, 1.82) is 0 Å². The van der Waals surface area contributed by atoms with Gasteiger partial charge in [-0.25, -0.2) is 8.78 Å². The summed E-state index contributed by atoms with van der Waals surface area (Å²) in [4.78, 5) is 0. The molecule has 1 aliphatic rings. The lowest BCUT2D eigenvalue weighted by molar-refractivity contribution is -0.153. The van der Waals surface area contributed by atoms with Crippen molar-refractivity contribution < 1.29 is 36.2 Å². The van der Waals surface area contributed by atoms with Crippen molar-refractivity contribution in [1.82, 2.24) is 20.2 Å². The van der Waals surface area contributed by atoms with E-state index in [1.807, 2.05) is 0 Å². The number of tetrazole rings is 1. The molecule has 0 unspecified atom stereocenters. The maximum atomic E-state index is 14.2. The summed E-state index contributed by atoms with van der Waals surface area (Å²) in [5, 5.41) is 11.1. The molecule has 164 valence electrons. The normalized spacial score (nSPS) is 19.2. The number of benzene rings is 2. The molecule has 0 spiro atoms. The van der Waals surface area contributed by atoms with Gasteiger partial charge in [0.15, 0.2) is 12.2 Å². The Morgan fingerprint density at radius 2 is 1.87 bits per heavy atom. The van der Waals surface area contributed by atoms with Crippen molar-refractivity contribution in [3.63, 3.8) is 0 Å². The van der Waals surface area contributed by atoms with E-state index in [4.69, 9.17) is 9.47 Å². The molecule has 1 aliphatic heterocycles. The minimum Gasteiger partial charge on any atom is -0.484 e. The van der Waals surface area contributed by atoms with Gasteiger partial charge in [0, 0.05) is 11.6 Å². The quantitative estimate of drug-likeness (QED) is 0.412. The standard InChI is InChI=1S/C19H15F5N4O3/c1-11(18(9-30-18)15-7-2-12(20)8-16(15)21)31-17-25-26-27-28(17)13-3-5-14(6-4-13)29-10-19(22,23)24/h2-8,11H,9-10H2,1H3/t11-,18-/m1/s1. The Morgan fingerprint density at radius 3 is 2.48 bits per heavy atom. The van der Waals surface area contributed by atoms with Gasteiger partial charge in [-0.15, -0.1) is 0 Å². The smallest absolute Gasteiger partial charge is 0.422 e. The first-order valence-electron chi connectivity index (χ1n) is 9.02. The van der Waals surface area contributed by atoms with E-state index < -0.39 is 36.1 Å². The van der Waals surface area contributed by atoms with Gasteiger partial charge in [0.05, 0.1) is 12.3 Å². The van der Waals surface area contributed by atoms with Gasteiger partial charge in [0.2, 0.25) is 0 Å². The van der Waals surface area contributed by atoms with Crippen LogP contribution in [0.1, 0.15) is 12.5 Å². The molecular formula is C19H15F5N4O3. The molecule has 2 aromatic carbocycles. The lowest BCUT2D eigenvalue weighted by Crippen LogP contribution is -2.32. The van der Waals surface area contributed by atoms with Gasteiger partial charge in [-0.2, -0.15) is 17.9 Å². The van der Waals surface area contributed by atoms with E-state index in [-0.39, 0.29) is 23.9 Å². The van der Waals surface area contributed by atoms with Crippen LogP contribution in [0.3, 0.4) is 0 Å². The Morgan fingerprint density at radius 1 is 1.16 bits per heavy atom. The van der Waals surface area contributed by atoms with Crippen molar-refractivity contribution in [3.8, 4) is 17.4 Å². The van der Waals surface area contributed by atoms with Crippen LogP contribution < -0.4 is 9.47 Å².